The molecule has 0 saturated carbocycles. The molecule has 108 valence electrons. The van der Waals surface area contributed by atoms with E-state index in [9.17, 15) is 0 Å². The Morgan fingerprint density at radius 3 is 2.32 bits per heavy atom. The molecule has 5 heteroatoms. The zero-order chi connectivity index (χ0) is 14.3. The number of hydrogen-bond acceptors (Lipinski definition) is 5. The third-order valence-electron chi connectivity index (χ3n) is 2.89. The molecule has 0 aliphatic heterocycles. The van der Waals surface area contributed by atoms with E-state index in [0.29, 0.717) is 6.54 Å². The van der Waals surface area contributed by atoms with E-state index in [1.807, 2.05) is 19.9 Å². The average Bonchev–Trinajstić information content (AvgIpc) is 2.42. The summed E-state index contributed by atoms with van der Waals surface area (Å²) in [6, 6.07) is 1.94. The number of methoxy groups -OCH3 is 1. The van der Waals surface area contributed by atoms with Gasteiger partial charge in [0.15, 0.2) is 0 Å². The number of hydrogen-bond donors (Lipinski definition) is 2. The van der Waals surface area contributed by atoms with Gasteiger partial charge < -0.3 is 15.4 Å². The second-order valence-corrected chi connectivity index (χ2v) is 5.15. The first-order chi connectivity index (χ1) is 9.00. The number of aromatic nitrogens is 2. The highest BCUT2D eigenvalue weighted by Gasteiger charge is 2.16. The summed E-state index contributed by atoms with van der Waals surface area (Å²) in [5.41, 5.74) is -0.214. The van der Waals surface area contributed by atoms with Crippen LogP contribution in [0.1, 0.15) is 39.9 Å². The number of rotatable bonds is 8. The maximum atomic E-state index is 5.39. The van der Waals surface area contributed by atoms with E-state index in [0.717, 1.165) is 36.8 Å². The van der Waals surface area contributed by atoms with E-state index >= 15 is 0 Å². The molecule has 0 fully saturated rings. The van der Waals surface area contributed by atoms with Crippen molar-refractivity contribution in [3.05, 3.63) is 11.9 Å². The minimum absolute atomic E-state index is 0.214. The molecule has 0 spiro atoms. The summed E-state index contributed by atoms with van der Waals surface area (Å²) >= 11 is 0. The van der Waals surface area contributed by atoms with Gasteiger partial charge in [0.25, 0.3) is 0 Å². The van der Waals surface area contributed by atoms with Gasteiger partial charge in [-0.25, -0.2) is 9.97 Å². The summed E-state index contributed by atoms with van der Waals surface area (Å²) in [5, 5.41) is 6.61. The first-order valence-electron chi connectivity index (χ1n) is 6.91. The molecule has 0 amide bonds. The van der Waals surface area contributed by atoms with Crippen LogP contribution in [0.15, 0.2) is 6.07 Å². The molecule has 0 unspecified atom stereocenters. The summed E-state index contributed by atoms with van der Waals surface area (Å²) in [6.45, 7) is 9.90. The van der Waals surface area contributed by atoms with Gasteiger partial charge in [0, 0.05) is 32.7 Å². The van der Waals surface area contributed by atoms with Crippen LogP contribution in [-0.4, -0.2) is 35.8 Å². The Morgan fingerprint density at radius 2 is 1.79 bits per heavy atom. The zero-order valence-electron chi connectivity index (χ0n) is 12.7. The quantitative estimate of drug-likeness (QED) is 0.757. The standard InChI is InChI=1S/C14H26N4O/c1-6-8-15-12-9-13(18-11(7-2)17-12)16-10-14(3,4)19-5/h9H,6-8,10H2,1-5H3,(H2,15,16,17,18). The monoisotopic (exact) mass is 266 g/mol. The van der Waals surface area contributed by atoms with Gasteiger partial charge in [0.1, 0.15) is 17.5 Å². The van der Waals surface area contributed by atoms with Crippen LogP contribution in [-0.2, 0) is 11.2 Å². The molecule has 0 atom stereocenters. The van der Waals surface area contributed by atoms with Gasteiger partial charge in [-0.2, -0.15) is 0 Å². The Hall–Kier alpha value is -1.36. The lowest BCUT2D eigenvalue weighted by Crippen LogP contribution is -2.32. The van der Waals surface area contributed by atoms with Crippen molar-refractivity contribution < 1.29 is 4.74 Å². The maximum absolute atomic E-state index is 5.39. The van der Waals surface area contributed by atoms with Crippen molar-refractivity contribution in [2.45, 2.75) is 46.1 Å². The lowest BCUT2D eigenvalue weighted by molar-refractivity contribution is 0.0343. The molecule has 1 aromatic rings. The molecule has 0 aliphatic rings. The first-order valence-corrected chi connectivity index (χ1v) is 6.91. The topological polar surface area (TPSA) is 59.1 Å². The predicted octanol–water partition coefficient (Wildman–Crippen LogP) is 2.70. The largest absolute Gasteiger partial charge is 0.377 e. The predicted molar refractivity (Wildman–Crippen MR) is 79.8 cm³/mol. The van der Waals surface area contributed by atoms with Crippen LogP contribution in [0.2, 0.25) is 0 Å². The molecule has 0 aromatic carbocycles. The molecule has 0 bridgehead atoms. The summed E-state index contributed by atoms with van der Waals surface area (Å²) in [6.07, 6.45) is 1.90. The first kappa shape index (κ1) is 15.7. The van der Waals surface area contributed by atoms with Gasteiger partial charge in [-0.05, 0) is 20.3 Å². The van der Waals surface area contributed by atoms with Crippen LogP contribution < -0.4 is 10.6 Å². The van der Waals surface area contributed by atoms with Crippen molar-refractivity contribution in [3.63, 3.8) is 0 Å². The highest BCUT2D eigenvalue weighted by atomic mass is 16.5. The Labute approximate surface area is 116 Å². The SMILES string of the molecule is CCCNc1cc(NCC(C)(C)OC)nc(CC)n1. The van der Waals surface area contributed by atoms with E-state index in [4.69, 9.17) is 4.74 Å². The second kappa shape index (κ2) is 7.28. The second-order valence-electron chi connectivity index (χ2n) is 5.15. The zero-order valence-corrected chi connectivity index (χ0v) is 12.7. The van der Waals surface area contributed by atoms with E-state index in [-0.39, 0.29) is 5.60 Å². The van der Waals surface area contributed by atoms with Crippen LogP contribution in [0.3, 0.4) is 0 Å². The van der Waals surface area contributed by atoms with Crippen molar-refractivity contribution in [2.75, 3.05) is 30.8 Å². The van der Waals surface area contributed by atoms with Crippen LogP contribution >= 0.6 is 0 Å². The fourth-order valence-corrected chi connectivity index (χ4v) is 1.47. The highest BCUT2D eigenvalue weighted by Crippen LogP contribution is 2.14. The number of anilines is 2. The lowest BCUT2D eigenvalue weighted by atomic mass is 10.1. The molecule has 0 aliphatic carbocycles. The summed E-state index contributed by atoms with van der Waals surface area (Å²) in [7, 11) is 1.72. The Kier molecular flexibility index (Phi) is 6.02. The van der Waals surface area contributed by atoms with Crippen molar-refractivity contribution in [1.82, 2.24) is 9.97 Å². The molecule has 1 aromatic heterocycles. The van der Waals surface area contributed by atoms with Gasteiger partial charge in [0.05, 0.1) is 5.60 Å². The van der Waals surface area contributed by atoms with Crippen molar-refractivity contribution >= 4 is 11.6 Å². The van der Waals surface area contributed by atoms with Crippen molar-refractivity contribution in [3.8, 4) is 0 Å². The molecule has 1 heterocycles. The fraction of sp³-hybridized carbons (Fsp3) is 0.714. The van der Waals surface area contributed by atoms with Crippen LogP contribution in [0.5, 0.6) is 0 Å². The molecule has 19 heavy (non-hydrogen) atoms. The number of nitrogens with one attached hydrogen (secondary N) is 2. The van der Waals surface area contributed by atoms with Crippen molar-refractivity contribution in [2.24, 2.45) is 0 Å². The van der Waals surface area contributed by atoms with Crippen LogP contribution in [0.25, 0.3) is 0 Å². The van der Waals surface area contributed by atoms with Gasteiger partial charge in [-0.3, -0.25) is 0 Å². The molecule has 2 N–H and O–H groups in total. The van der Waals surface area contributed by atoms with E-state index in [1.54, 1.807) is 7.11 Å². The normalized spacial score (nSPS) is 11.4. The molecule has 0 saturated heterocycles. The van der Waals surface area contributed by atoms with Crippen LogP contribution in [0.4, 0.5) is 11.6 Å². The molecule has 1 rings (SSSR count). The molecule has 5 nitrogen and oxygen atoms in total. The Morgan fingerprint density at radius 1 is 1.16 bits per heavy atom. The third-order valence-corrected chi connectivity index (χ3v) is 2.89. The number of aryl methyl sites for hydroxylation is 1. The Balaban J connectivity index is 2.76. The van der Waals surface area contributed by atoms with Gasteiger partial charge >= 0.3 is 0 Å². The van der Waals surface area contributed by atoms with Gasteiger partial charge in [0.2, 0.25) is 0 Å². The number of nitrogens with zero attached hydrogens (tertiary/aromatic N) is 2. The third kappa shape index (κ3) is 5.42. The molecule has 0 radical (unpaired) electrons. The molecular formula is C14H26N4O. The number of ether oxygens (including phenoxy) is 1. The van der Waals surface area contributed by atoms with Gasteiger partial charge in [-0.15, -0.1) is 0 Å². The fourth-order valence-electron chi connectivity index (χ4n) is 1.47. The van der Waals surface area contributed by atoms with Gasteiger partial charge in [-0.1, -0.05) is 13.8 Å². The Bertz CT molecular complexity index is 393. The lowest BCUT2D eigenvalue weighted by Gasteiger charge is -2.23. The minimum Gasteiger partial charge on any atom is -0.377 e. The highest BCUT2D eigenvalue weighted by molar-refractivity contribution is 5.47. The minimum atomic E-state index is -0.214. The van der Waals surface area contributed by atoms with E-state index < -0.39 is 0 Å². The van der Waals surface area contributed by atoms with E-state index in [1.165, 1.54) is 0 Å². The van der Waals surface area contributed by atoms with Crippen LogP contribution in [0, 0.1) is 0 Å². The maximum Gasteiger partial charge on any atom is 0.132 e. The van der Waals surface area contributed by atoms with Crippen molar-refractivity contribution in [1.29, 1.82) is 0 Å². The summed E-state index contributed by atoms with van der Waals surface area (Å²) in [5.74, 6) is 2.57. The smallest absolute Gasteiger partial charge is 0.132 e. The summed E-state index contributed by atoms with van der Waals surface area (Å²) in [4.78, 5) is 8.94. The molecular weight excluding hydrogens is 240 g/mol. The van der Waals surface area contributed by atoms with E-state index in [2.05, 4.69) is 34.4 Å². The average molecular weight is 266 g/mol. The summed E-state index contributed by atoms with van der Waals surface area (Å²) < 4.78 is 5.39.